The SMILES string of the molecule is CN=C(NCC(C)Cc1cccs1)NC1CCCn2nc(C)nc21.I. The molecule has 138 valence electrons. The van der Waals surface area contributed by atoms with Crippen LogP contribution in [0.2, 0.25) is 0 Å². The highest BCUT2D eigenvalue weighted by molar-refractivity contribution is 14.0. The molecule has 0 amide bonds. The molecule has 2 N–H and O–H groups in total. The van der Waals surface area contributed by atoms with Crippen LogP contribution in [0.5, 0.6) is 0 Å². The van der Waals surface area contributed by atoms with Gasteiger partial charge in [-0.2, -0.15) is 5.10 Å². The first-order valence-corrected chi connectivity index (χ1v) is 9.44. The highest BCUT2D eigenvalue weighted by Gasteiger charge is 2.24. The van der Waals surface area contributed by atoms with E-state index in [1.807, 2.05) is 30.0 Å². The Labute approximate surface area is 170 Å². The van der Waals surface area contributed by atoms with Crippen LogP contribution in [0, 0.1) is 12.8 Å². The Balaban J connectivity index is 0.00000225. The third-order valence-corrected chi connectivity index (χ3v) is 5.16. The zero-order chi connectivity index (χ0) is 16.9. The third-order valence-electron chi connectivity index (χ3n) is 4.26. The number of rotatable bonds is 5. The number of halogens is 1. The van der Waals surface area contributed by atoms with Crippen molar-refractivity contribution < 1.29 is 0 Å². The maximum atomic E-state index is 4.57. The average Bonchev–Trinajstić information content (AvgIpc) is 3.20. The molecule has 0 spiro atoms. The summed E-state index contributed by atoms with van der Waals surface area (Å²) in [5, 5.41) is 13.6. The normalized spacial score (nSPS) is 18.2. The average molecular weight is 474 g/mol. The molecule has 3 rings (SSSR count). The van der Waals surface area contributed by atoms with Crippen molar-refractivity contribution in [3.05, 3.63) is 34.0 Å². The van der Waals surface area contributed by atoms with Crippen LogP contribution in [0.4, 0.5) is 0 Å². The van der Waals surface area contributed by atoms with Gasteiger partial charge in [-0.05, 0) is 43.6 Å². The summed E-state index contributed by atoms with van der Waals surface area (Å²) in [6.45, 7) is 6.07. The first-order chi connectivity index (χ1) is 11.7. The van der Waals surface area contributed by atoms with E-state index in [0.717, 1.165) is 50.0 Å². The molecule has 2 unspecified atom stereocenters. The van der Waals surface area contributed by atoms with Crippen LogP contribution >= 0.6 is 35.3 Å². The topological polar surface area (TPSA) is 67.1 Å². The Morgan fingerprint density at radius 3 is 3.08 bits per heavy atom. The molecule has 1 aliphatic heterocycles. The van der Waals surface area contributed by atoms with Crippen LogP contribution in [0.15, 0.2) is 22.5 Å². The van der Waals surface area contributed by atoms with Gasteiger partial charge in [0.2, 0.25) is 0 Å². The lowest BCUT2D eigenvalue weighted by molar-refractivity contribution is 0.396. The van der Waals surface area contributed by atoms with Crippen molar-refractivity contribution in [2.24, 2.45) is 10.9 Å². The fourth-order valence-corrected chi connectivity index (χ4v) is 3.95. The number of hydrogen-bond acceptors (Lipinski definition) is 4. The van der Waals surface area contributed by atoms with E-state index in [1.165, 1.54) is 4.88 Å². The highest BCUT2D eigenvalue weighted by atomic mass is 127. The molecule has 2 aromatic heterocycles. The maximum Gasteiger partial charge on any atom is 0.191 e. The molecular formula is C17H27IN6S. The van der Waals surface area contributed by atoms with Gasteiger partial charge in [0.05, 0.1) is 6.04 Å². The number of nitrogens with zero attached hydrogens (tertiary/aromatic N) is 4. The van der Waals surface area contributed by atoms with Gasteiger partial charge in [0.25, 0.3) is 0 Å². The Morgan fingerprint density at radius 1 is 1.52 bits per heavy atom. The van der Waals surface area contributed by atoms with Gasteiger partial charge < -0.3 is 10.6 Å². The summed E-state index contributed by atoms with van der Waals surface area (Å²) in [4.78, 5) is 10.4. The van der Waals surface area contributed by atoms with Gasteiger partial charge in [-0.3, -0.25) is 4.99 Å². The summed E-state index contributed by atoms with van der Waals surface area (Å²) in [7, 11) is 1.82. The zero-order valence-corrected chi connectivity index (χ0v) is 18.2. The predicted molar refractivity (Wildman–Crippen MR) is 114 cm³/mol. The molecule has 0 bridgehead atoms. The van der Waals surface area contributed by atoms with Gasteiger partial charge in [-0.1, -0.05) is 13.0 Å². The molecule has 2 aromatic rings. The Morgan fingerprint density at radius 2 is 2.36 bits per heavy atom. The van der Waals surface area contributed by atoms with Gasteiger partial charge in [0.1, 0.15) is 11.6 Å². The lowest BCUT2D eigenvalue weighted by Gasteiger charge is -2.25. The number of hydrogen-bond donors (Lipinski definition) is 2. The fraction of sp³-hybridized carbons (Fsp3) is 0.588. The number of fused-ring (bicyclic) bond motifs is 1. The molecule has 2 atom stereocenters. The lowest BCUT2D eigenvalue weighted by atomic mass is 10.1. The summed E-state index contributed by atoms with van der Waals surface area (Å²) in [6.07, 6.45) is 3.27. The molecule has 0 radical (unpaired) electrons. The maximum absolute atomic E-state index is 4.57. The van der Waals surface area contributed by atoms with Gasteiger partial charge in [0.15, 0.2) is 5.96 Å². The van der Waals surface area contributed by atoms with Crippen molar-refractivity contribution in [3.63, 3.8) is 0 Å². The summed E-state index contributed by atoms with van der Waals surface area (Å²) in [5.41, 5.74) is 0. The van der Waals surface area contributed by atoms with E-state index in [0.29, 0.717) is 5.92 Å². The van der Waals surface area contributed by atoms with E-state index in [4.69, 9.17) is 0 Å². The van der Waals surface area contributed by atoms with E-state index in [2.05, 4.69) is 50.1 Å². The van der Waals surface area contributed by atoms with E-state index < -0.39 is 0 Å². The second-order valence-corrected chi connectivity index (χ2v) is 7.45. The monoisotopic (exact) mass is 474 g/mol. The highest BCUT2D eigenvalue weighted by Crippen LogP contribution is 2.22. The second kappa shape index (κ2) is 9.51. The van der Waals surface area contributed by atoms with Crippen molar-refractivity contribution in [2.75, 3.05) is 13.6 Å². The Bertz CT molecular complexity index is 681. The molecule has 0 aliphatic carbocycles. The molecule has 6 nitrogen and oxygen atoms in total. The number of thiophene rings is 1. The molecule has 3 heterocycles. The number of nitrogens with one attached hydrogen (secondary N) is 2. The van der Waals surface area contributed by atoms with Crippen LogP contribution in [-0.4, -0.2) is 34.3 Å². The Hall–Kier alpha value is -1.16. The van der Waals surface area contributed by atoms with Gasteiger partial charge in [-0.15, -0.1) is 35.3 Å². The number of aliphatic imine (C=N–C) groups is 1. The van der Waals surface area contributed by atoms with Crippen LogP contribution in [0.3, 0.4) is 0 Å². The summed E-state index contributed by atoms with van der Waals surface area (Å²) in [5.74, 6) is 3.26. The number of aryl methyl sites for hydroxylation is 2. The summed E-state index contributed by atoms with van der Waals surface area (Å²) in [6, 6.07) is 4.49. The molecule has 25 heavy (non-hydrogen) atoms. The van der Waals surface area contributed by atoms with Gasteiger partial charge in [-0.25, -0.2) is 9.67 Å². The molecule has 0 fully saturated rings. The standard InChI is InChI=1S/C17H26N6S.HI/c1-12(10-14-6-5-9-24-14)11-19-17(18-3)21-15-7-4-8-23-16(15)20-13(2)22-23;/h5-6,9,12,15H,4,7-8,10-11H2,1-3H3,(H2,18,19,21);1H. The minimum atomic E-state index is 0. The number of guanidine groups is 1. The third kappa shape index (κ3) is 5.40. The fourth-order valence-electron chi connectivity index (χ4n) is 3.08. The van der Waals surface area contributed by atoms with E-state index >= 15 is 0 Å². The largest absolute Gasteiger partial charge is 0.356 e. The summed E-state index contributed by atoms with van der Waals surface area (Å²) >= 11 is 1.82. The number of aromatic nitrogens is 3. The van der Waals surface area contributed by atoms with Crippen LogP contribution in [0.25, 0.3) is 0 Å². The predicted octanol–water partition coefficient (Wildman–Crippen LogP) is 3.14. The first kappa shape index (κ1) is 20.2. The molecular weight excluding hydrogens is 447 g/mol. The smallest absolute Gasteiger partial charge is 0.191 e. The minimum absolute atomic E-state index is 0. The molecule has 0 saturated carbocycles. The van der Waals surface area contributed by atoms with Crippen LogP contribution in [-0.2, 0) is 13.0 Å². The first-order valence-electron chi connectivity index (χ1n) is 8.56. The van der Waals surface area contributed by atoms with E-state index in [-0.39, 0.29) is 30.0 Å². The van der Waals surface area contributed by atoms with Gasteiger partial charge in [0, 0.05) is 25.0 Å². The van der Waals surface area contributed by atoms with Crippen LogP contribution < -0.4 is 10.6 Å². The van der Waals surface area contributed by atoms with Crippen molar-refractivity contribution in [1.82, 2.24) is 25.4 Å². The van der Waals surface area contributed by atoms with Crippen molar-refractivity contribution >= 4 is 41.3 Å². The van der Waals surface area contributed by atoms with Crippen molar-refractivity contribution in [2.45, 2.75) is 45.7 Å². The van der Waals surface area contributed by atoms with Crippen LogP contribution in [0.1, 0.15) is 42.3 Å². The second-order valence-electron chi connectivity index (χ2n) is 6.42. The molecule has 8 heteroatoms. The van der Waals surface area contributed by atoms with Crippen molar-refractivity contribution in [3.8, 4) is 0 Å². The van der Waals surface area contributed by atoms with Crippen molar-refractivity contribution in [1.29, 1.82) is 0 Å². The quantitative estimate of drug-likeness (QED) is 0.397. The minimum Gasteiger partial charge on any atom is -0.356 e. The zero-order valence-electron chi connectivity index (χ0n) is 15.0. The summed E-state index contributed by atoms with van der Waals surface area (Å²) < 4.78 is 2.02. The lowest BCUT2D eigenvalue weighted by Crippen LogP contribution is -2.43. The molecule has 0 saturated heterocycles. The van der Waals surface area contributed by atoms with Gasteiger partial charge >= 0.3 is 0 Å². The molecule has 1 aliphatic rings. The molecule has 0 aromatic carbocycles. The Kier molecular flexibility index (Phi) is 7.67. The van der Waals surface area contributed by atoms with E-state index in [9.17, 15) is 0 Å². The van der Waals surface area contributed by atoms with E-state index in [1.54, 1.807) is 0 Å².